The van der Waals surface area contributed by atoms with Gasteiger partial charge in [0, 0.05) is 31.7 Å². The summed E-state index contributed by atoms with van der Waals surface area (Å²) in [7, 11) is 1.99. The number of hydrogen-bond acceptors (Lipinski definition) is 7. The summed E-state index contributed by atoms with van der Waals surface area (Å²) in [4.78, 5) is 8.66. The minimum absolute atomic E-state index is 0.130. The van der Waals surface area contributed by atoms with Crippen LogP contribution in [0.5, 0.6) is 0 Å². The van der Waals surface area contributed by atoms with Crippen molar-refractivity contribution < 1.29 is 0 Å². The largest absolute Gasteiger partial charge is 0.352 e. The number of fused-ring (bicyclic) bond motifs is 1. The topological polar surface area (TPSA) is 86.2 Å². The lowest BCUT2D eigenvalue weighted by Gasteiger charge is -2.45. The first-order valence-electron chi connectivity index (χ1n) is 8.94. The molecule has 138 valence electrons. The minimum atomic E-state index is -0.130. The van der Waals surface area contributed by atoms with Gasteiger partial charge < -0.3 is 9.80 Å². The van der Waals surface area contributed by atoms with Crippen LogP contribution in [0.4, 0.5) is 11.6 Å². The molecule has 0 radical (unpaired) electrons. The zero-order chi connectivity index (χ0) is 19.2. The zero-order valence-corrected chi connectivity index (χ0v) is 16.0. The summed E-state index contributed by atoms with van der Waals surface area (Å²) in [6.07, 6.45) is 1.72. The van der Waals surface area contributed by atoms with E-state index in [-0.39, 0.29) is 11.5 Å². The molecule has 0 aliphatic carbocycles. The summed E-state index contributed by atoms with van der Waals surface area (Å²) in [6.45, 7) is 7.96. The lowest BCUT2D eigenvalue weighted by atomic mass is 9.96. The van der Waals surface area contributed by atoms with E-state index in [4.69, 9.17) is 5.10 Å². The molecule has 1 saturated heterocycles. The molecule has 0 atom stereocenters. The molecule has 0 spiro atoms. The van der Waals surface area contributed by atoms with Gasteiger partial charge in [-0.15, -0.1) is 15.3 Å². The van der Waals surface area contributed by atoms with Crippen molar-refractivity contribution in [3.8, 4) is 6.07 Å². The maximum atomic E-state index is 9.29. The lowest BCUT2D eigenvalue weighted by molar-refractivity contribution is 0.483. The Balaban J connectivity index is 1.53. The molecule has 1 aliphatic heterocycles. The van der Waals surface area contributed by atoms with E-state index >= 15 is 0 Å². The highest BCUT2D eigenvalue weighted by molar-refractivity contribution is 5.56. The van der Waals surface area contributed by atoms with Gasteiger partial charge in [-0.2, -0.15) is 9.78 Å². The number of hydrogen-bond donors (Lipinski definition) is 0. The van der Waals surface area contributed by atoms with E-state index in [0.717, 1.165) is 36.2 Å². The Morgan fingerprint density at radius 2 is 1.96 bits per heavy atom. The molecule has 0 bridgehead atoms. The first-order chi connectivity index (χ1) is 12.9. The smallest absolute Gasteiger partial charge is 0.178 e. The first kappa shape index (κ1) is 17.2. The average Bonchev–Trinajstić information content (AvgIpc) is 3.04. The van der Waals surface area contributed by atoms with Gasteiger partial charge >= 0.3 is 0 Å². The Hall–Kier alpha value is -3.21. The van der Waals surface area contributed by atoms with Crippen molar-refractivity contribution in [3.05, 3.63) is 41.9 Å². The fourth-order valence-electron chi connectivity index (χ4n) is 3.24. The van der Waals surface area contributed by atoms with Crippen LogP contribution in [0.3, 0.4) is 0 Å². The highest BCUT2D eigenvalue weighted by Gasteiger charge is 2.33. The predicted molar refractivity (Wildman–Crippen MR) is 103 cm³/mol. The summed E-state index contributed by atoms with van der Waals surface area (Å²) >= 11 is 0. The van der Waals surface area contributed by atoms with Crippen molar-refractivity contribution in [2.45, 2.75) is 32.2 Å². The van der Waals surface area contributed by atoms with Gasteiger partial charge in [0.2, 0.25) is 0 Å². The number of anilines is 2. The van der Waals surface area contributed by atoms with Gasteiger partial charge in [-0.05, 0) is 24.3 Å². The number of nitrogens with zero attached hydrogens (tertiary/aromatic N) is 8. The van der Waals surface area contributed by atoms with Crippen molar-refractivity contribution in [1.29, 1.82) is 5.26 Å². The van der Waals surface area contributed by atoms with E-state index in [2.05, 4.69) is 51.8 Å². The third-order valence-corrected chi connectivity index (χ3v) is 4.89. The average molecular weight is 362 g/mol. The molecule has 8 nitrogen and oxygen atoms in total. The molecule has 3 aromatic heterocycles. The van der Waals surface area contributed by atoms with Crippen LogP contribution in [0.1, 0.15) is 32.2 Å². The highest BCUT2D eigenvalue weighted by Crippen LogP contribution is 2.27. The molecule has 0 saturated carbocycles. The van der Waals surface area contributed by atoms with E-state index in [9.17, 15) is 5.26 Å². The van der Waals surface area contributed by atoms with Gasteiger partial charge in [-0.25, -0.2) is 4.98 Å². The van der Waals surface area contributed by atoms with Crippen LogP contribution in [-0.2, 0) is 5.41 Å². The Morgan fingerprint density at radius 1 is 1.19 bits per heavy atom. The number of pyridine rings is 1. The molecular formula is C19H22N8. The molecule has 4 rings (SSSR count). The van der Waals surface area contributed by atoms with Gasteiger partial charge in [0.05, 0.1) is 11.6 Å². The van der Waals surface area contributed by atoms with Crippen LogP contribution < -0.4 is 9.80 Å². The normalized spacial score (nSPS) is 14.9. The van der Waals surface area contributed by atoms with E-state index in [1.807, 2.05) is 23.7 Å². The second-order valence-corrected chi connectivity index (χ2v) is 7.89. The summed E-state index contributed by atoms with van der Waals surface area (Å²) in [5, 5.41) is 22.6. The van der Waals surface area contributed by atoms with Crippen LogP contribution >= 0.6 is 0 Å². The van der Waals surface area contributed by atoms with Crippen molar-refractivity contribution in [3.63, 3.8) is 0 Å². The number of likely N-dealkylation sites (N-methyl/N-ethyl adjacent to an activating group) is 1. The monoisotopic (exact) mass is 362 g/mol. The Kier molecular flexibility index (Phi) is 3.95. The molecular weight excluding hydrogens is 340 g/mol. The fraction of sp³-hybridized carbons (Fsp3) is 0.421. The SMILES string of the molecule is CN(c1ncccc1C#N)C1CN(c2ccc3nnc(C(C)(C)C)n3n2)C1. The zero-order valence-electron chi connectivity index (χ0n) is 16.0. The standard InChI is InChI=1S/C19H22N8/c1-19(2,3)18-23-22-15-7-8-16(24-27(15)18)26-11-14(12-26)25(4)17-13(10-20)6-5-9-21-17/h5-9,14H,11-12H2,1-4H3. The van der Waals surface area contributed by atoms with Gasteiger partial charge in [0.25, 0.3) is 0 Å². The van der Waals surface area contributed by atoms with Crippen molar-refractivity contribution in [2.24, 2.45) is 0 Å². The predicted octanol–water partition coefficient (Wildman–Crippen LogP) is 2.01. The molecule has 0 N–H and O–H groups in total. The molecule has 1 fully saturated rings. The Bertz CT molecular complexity index is 1020. The maximum absolute atomic E-state index is 9.29. The lowest BCUT2D eigenvalue weighted by Crippen LogP contribution is -2.59. The van der Waals surface area contributed by atoms with Gasteiger partial charge in [0.1, 0.15) is 17.7 Å². The number of rotatable bonds is 3. The van der Waals surface area contributed by atoms with E-state index in [0.29, 0.717) is 5.56 Å². The number of nitriles is 1. The van der Waals surface area contributed by atoms with Gasteiger partial charge in [0.15, 0.2) is 11.5 Å². The van der Waals surface area contributed by atoms with E-state index < -0.39 is 0 Å². The molecule has 0 aromatic carbocycles. The second-order valence-electron chi connectivity index (χ2n) is 7.89. The molecule has 3 aromatic rings. The minimum Gasteiger partial charge on any atom is -0.352 e. The molecule has 0 unspecified atom stereocenters. The van der Waals surface area contributed by atoms with Crippen molar-refractivity contribution in [1.82, 2.24) is 24.8 Å². The van der Waals surface area contributed by atoms with Crippen molar-refractivity contribution in [2.75, 3.05) is 29.9 Å². The van der Waals surface area contributed by atoms with Crippen LogP contribution in [0.25, 0.3) is 5.65 Å². The Morgan fingerprint density at radius 3 is 2.67 bits per heavy atom. The van der Waals surface area contributed by atoms with Crippen LogP contribution in [-0.4, -0.2) is 51.0 Å². The summed E-state index contributed by atoms with van der Waals surface area (Å²) in [5.41, 5.74) is 1.22. The molecule has 27 heavy (non-hydrogen) atoms. The third kappa shape index (κ3) is 2.95. The van der Waals surface area contributed by atoms with Crippen molar-refractivity contribution >= 4 is 17.3 Å². The quantitative estimate of drug-likeness (QED) is 0.704. The Labute approximate surface area is 158 Å². The van der Waals surface area contributed by atoms with E-state index in [1.165, 1.54) is 0 Å². The molecule has 0 amide bonds. The van der Waals surface area contributed by atoms with Gasteiger partial charge in [-0.1, -0.05) is 20.8 Å². The van der Waals surface area contributed by atoms with E-state index in [1.54, 1.807) is 18.3 Å². The summed E-state index contributed by atoms with van der Waals surface area (Å²) in [6, 6.07) is 10.0. The summed E-state index contributed by atoms with van der Waals surface area (Å²) < 4.78 is 1.83. The molecule has 4 heterocycles. The van der Waals surface area contributed by atoms with Gasteiger partial charge in [-0.3, -0.25) is 0 Å². The molecule has 1 aliphatic rings. The summed E-state index contributed by atoms with van der Waals surface area (Å²) in [5.74, 6) is 2.47. The van der Waals surface area contributed by atoms with Crippen LogP contribution in [0.15, 0.2) is 30.5 Å². The maximum Gasteiger partial charge on any atom is 0.178 e. The fourth-order valence-corrected chi connectivity index (χ4v) is 3.24. The van der Waals surface area contributed by atoms with Crippen LogP contribution in [0.2, 0.25) is 0 Å². The first-order valence-corrected chi connectivity index (χ1v) is 8.94. The number of aromatic nitrogens is 5. The van der Waals surface area contributed by atoms with Crippen LogP contribution in [0, 0.1) is 11.3 Å². The third-order valence-electron chi connectivity index (χ3n) is 4.89. The second kappa shape index (κ2) is 6.20. The highest BCUT2D eigenvalue weighted by atomic mass is 15.4. The molecule has 8 heteroatoms.